The quantitative estimate of drug-likeness (QED) is 0.596. The van der Waals surface area contributed by atoms with E-state index in [-0.39, 0.29) is 17.0 Å². The molecule has 0 aliphatic rings. The van der Waals surface area contributed by atoms with Crippen molar-refractivity contribution in [1.29, 1.82) is 0 Å². The van der Waals surface area contributed by atoms with E-state index in [9.17, 15) is 14.9 Å². The van der Waals surface area contributed by atoms with E-state index in [2.05, 4.69) is 19.2 Å². The van der Waals surface area contributed by atoms with Gasteiger partial charge >= 0.3 is 0 Å². The molecule has 3 N–H and O–H groups in total. The van der Waals surface area contributed by atoms with Crippen LogP contribution in [0.15, 0.2) is 18.2 Å². The Labute approximate surface area is 124 Å². The topological polar surface area (TPSA) is 98.3 Å². The van der Waals surface area contributed by atoms with Gasteiger partial charge < -0.3 is 11.1 Å². The summed E-state index contributed by atoms with van der Waals surface area (Å²) in [5, 5.41) is 13.6. The van der Waals surface area contributed by atoms with E-state index in [1.165, 1.54) is 6.07 Å². The van der Waals surface area contributed by atoms with Crippen LogP contribution in [0.5, 0.6) is 0 Å². The van der Waals surface area contributed by atoms with Gasteiger partial charge in [0.2, 0.25) is 5.91 Å². The molecule has 116 valence electrons. The molecule has 1 aromatic rings. The fourth-order valence-electron chi connectivity index (χ4n) is 2.07. The standard InChI is InChI=1S/C15H23N3O3/c1-11-4-5-12(10-13(11)18(20)21)17-14(19)6-7-15(2,3)8-9-16/h4-5,10H,6-9,16H2,1-3H3,(H,17,19). The maximum absolute atomic E-state index is 11.9. The molecular weight excluding hydrogens is 270 g/mol. The maximum Gasteiger partial charge on any atom is 0.274 e. The Hall–Kier alpha value is -1.95. The molecule has 0 spiro atoms. The number of amides is 1. The molecule has 1 amide bonds. The number of nitrogens with one attached hydrogen (secondary N) is 1. The van der Waals surface area contributed by atoms with Crippen LogP contribution >= 0.6 is 0 Å². The third kappa shape index (κ3) is 5.51. The second-order valence-corrected chi connectivity index (χ2v) is 6.01. The second-order valence-electron chi connectivity index (χ2n) is 6.01. The van der Waals surface area contributed by atoms with E-state index in [1.54, 1.807) is 19.1 Å². The van der Waals surface area contributed by atoms with Crippen LogP contribution < -0.4 is 11.1 Å². The number of hydrogen-bond donors (Lipinski definition) is 2. The number of nitro groups is 1. The highest BCUT2D eigenvalue weighted by Crippen LogP contribution is 2.27. The lowest BCUT2D eigenvalue weighted by Crippen LogP contribution is -2.20. The van der Waals surface area contributed by atoms with Crippen molar-refractivity contribution >= 4 is 17.3 Å². The Morgan fingerprint density at radius 3 is 2.62 bits per heavy atom. The van der Waals surface area contributed by atoms with Crippen LogP contribution in [0, 0.1) is 22.5 Å². The number of carbonyl (C=O) groups excluding carboxylic acids is 1. The van der Waals surface area contributed by atoms with Crippen molar-refractivity contribution in [3.05, 3.63) is 33.9 Å². The van der Waals surface area contributed by atoms with Crippen molar-refractivity contribution in [3.8, 4) is 0 Å². The molecule has 0 unspecified atom stereocenters. The molecule has 0 aromatic heterocycles. The van der Waals surface area contributed by atoms with E-state index >= 15 is 0 Å². The zero-order valence-electron chi connectivity index (χ0n) is 12.8. The first-order valence-electron chi connectivity index (χ1n) is 7.00. The van der Waals surface area contributed by atoms with Crippen LogP contribution in [0.2, 0.25) is 0 Å². The lowest BCUT2D eigenvalue weighted by molar-refractivity contribution is -0.385. The summed E-state index contributed by atoms with van der Waals surface area (Å²) in [5.41, 5.74) is 6.59. The molecule has 1 aromatic carbocycles. The predicted octanol–water partition coefficient (Wildman–Crippen LogP) is 3.00. The summed E-state index contributed by atoms with van der Waals surface area (Å²) in [6.45, 7) is 6.41. The van der Waals surface area contributed by atoms with Crippen molar-refractivity contribution in [3.63, 3.8) is 0 Å². The average molecular weight is 293 g/mol. The Balaban J connectivity index is 2.63. The first kappa shape index (κ1) is 17.1. The summed E-state index contributed by atoms with van der Waals surface area (Å²) >= 11 is 0. The van der Waals surface area contributed by atoms with Crippen LogP contribution in [-0.2, 0) is 4.79 Å². The number of nitrogens with zero attached hydrogens (tertiary/aromatic N) is 1. The Morgan fingerprint density at radius 2 is 2.05 bits per heavy atom. The van der Waals surface area contributed by atoms with Crippen LogP contribution in [0.3, 0.4) is 0 Å². The second kappa shape index (κ2) is 7.17. The zero-order chi connectivity index (χ0) is 16.0. The van der Waals surface area contributed by atoms with Gasteiger partial charge in [-0.05, 0) is 37.8 Å². The lowest BCUT2D eigenvalue weighted by atomic mass is 9.84. The monoisotopic (exact) mass is 293 g/mol. The van der Waals surface area contributed by atoms with E-state index in [0.717, 1.165) is 12.8 Å². The van der Waals surface area contributed by atoms with Gasteiger partial charge in [-0.2, -0.15) is 0 Å². The third-order valence-electron chi connectivity index (χ3n) is 3.54. The summed E-state index contributed by atoms with van der Waals surface area (Å²) in [7, 11) is 0. The van der Waals surface area contributed by atoms with Crippen molar-refractivity contribution in [2.75, 3.05) is 11.9 Å². The molecule has 0 saturated heterocycles. The summed E-state index contributed by atoms with van der Waals surface area (Å²) < 4.78 is 0. The van der Waals surface area contributed by atoms with Crippen molar-refractivity contribution in [1.82, 2.24) is 0 Å². The normalized spacial score (nSPS) is 11.2. The lowest BCUT2D eigenvalue weighted by Gasteiger charge is -2.23. The number of anilines is 1. The van der Waals surface area contributed by atoms with E-state index in [4.69, 9.17) is 5.73 Å². The minimum Gasteiger partial charge on any atom is -0.330 e. The molecule has 21 heavy (non-hydrogen) atoms. The van der Waals surface area contributed by atoms with Gasteiger partial charge in [0.15, 0.2) is 0 Å². The molecule has 6 nitrogen and oxygen atoms in total. The fourth-order valence-corrected chi connectivity index (χ4v) is 2.07. The molecular formula is C15H23N3O3. The first-order chi connectivity index (χ1) is 9.75. The van der Waals surface area contributed by atoms with Crippen LogP contribution in [0.1, 0.15) is 38.7 Å². The molecule has 0 heterocycles. The van der Waals surface area contributed by atoms with Crippen LogP contribution in [-0.4, -0.2) is 17.4 Å². The maximum atomic E-state index is 11.9. The summed E-state index contributed by atoms with van der Waals surface area (Å²) in [4.78, 5) is 22.3. The molecule has 0 aliphatic heterocycles. The fraction of sp³-hybridized carbons (Fsp3) is 0.533. The van der Waals surface area contributed by atoms with Crippen molar-refractivity contribution < 1.29 is 9.72 Å². The molecule has 0 aliphatic carbocycles. The summed E-state index contributed by atoms with van der Waals surface area (Å²) in [6, 6.07) is 4.69. The minimum absolute atomic E-state index is 0.0104. The first-order valence-corrected chi connectivity index (χ1v) is 7.00. The molecule has 0 saturated carbocycles. The number of hydrogen-bond acceptors (Lipinski definition) is 4. The van der Waals surface area contributed by atoms with E-state index in [0.29, 0.717) is 24.2 Å². The number of rotatable bonds is 7. The molecule has 0 bridgehead atoms. The zero-order valence-corrected chi connectivity index (χ0v) is 12.8. The van der Waals surface area contributed by atoms with Gasteiger partial charge in [-0.25, -0.2) is 0 Å². The summed E-state index contributed by atoms with van der Waals surface area (Å²) in [5.74, 6) is -0.141. The Kier molecular flexibility index (Phi) is 5.84. The largest absolute Gasteiger partial charge is 0.330 e. The van der Waals surface area contributed by atoms with Gasteiger partial charge in [0.1, 0.15) is 0 Å². The molecule has 0 fully saturated rings. The van der Waals surface area contributed by atoms with Gasteiger partial charge in [0.25, 0.3) is 5.69 Å². The predicted molar refractivity (Wildman–Crippen MR) is 83.1 cm³/mol. The van der Waals surface area contributed by atoms with Crippen LogP contribution in [0.25, 0.3) is 0 Å². The highest BCUT2D eigenvalue weighted by atomic mass is 16.6. The number of carbonyl (C=O) groups is 1. The van der Waals surface area contributed by atoms with Gasteiger partial charge in [-0.3, -0.25) is 14.9 Å². The smallest absolute Gasteiger partial charge is 0.274 e. The molecule has 0 atom stereocenters. The minimum atomic E-state index is -0.449. The van der Waals surface area contributed by atoms with Gasteiger partial charge in [0, 0.05) is 23.7 Å². The molecule has 1 rings (SSSR count). The van der Waals surface area contributed by atoms with Gasteiger partial charge in [-0.1, -0.05) is 19.9 Å². The van der Waals surface area contributed by atoms with E-state index in [1.807, 2.05) is 0 Å². The highest BCUT2D eigenvalue weighted by molar-refractivity contribution is 5.91. The Morgan fingerprint density at radius 1 is 1.38 bits per heavy atom. The van der Waals surface area contributed by atoms with Gasteiger partial charge in [-0.15, -0.1) is 0 Å². The number of aryl methyl sites for hydroxylation is 1. The number of nitro benzene ring substituents is 1. The third-order valence-corrected chi connectivity index (χ3v) is 3.54. The van der Waals surface area contributed by atoms with Crippen molar-refractivity contribution in [2.45, 2.75) is 40.0 Å². The van der Waals surface area contributed by atoms with Crippen molar-refractivity contribution in [2.24, 2.45) is 11.1 Å². The molecule has 0 radical (unpaired) electrons. The van der Waals surface area contributed by atoms with Gasteiger partial charge in [0.05, 0.1) is 4.92 Å². The van der Waals surface area contributed by atoms with E-state index < -0.39 is 4.92 Å². The number of nitrogens with two attached hydrogens (primary N) is 1. The number of benzene rings is 1. The SMILES string of the molecule is Cc1ccc(NC(=O)CCC(C)(C)CCN)cc1[N+](=O)[O-]. The highest BCUT2D eigenvalue weighted by Gasteiger charge is 2.19. The Bertz CT molecular complexity index is 527. The average Bonchev–Trinajstić information content (AvgIpc) is 2.38. The summed E-state index contributed by atoms with van der Waals surface area (Å²) in [6.07, 6.45) is 1.95. The van der Waals surface area contributed by atoms with Crippen LogP contribution in [0.4, 0.5) is 11.4 Å². The molecule has 6 heteroatoms.